The Kier molecular flexibility index (Phi) is 12.2. The van der Waals surface area contributed by atoms with E-state index in [-0.39, 0.29) is 24.8 Å². The van der Waals surface area contributed by atoms with Crippen molar-refractivity contribution in [2.24, 2.45) is 0 Å². The molecule has 0 saturated heterocycles. The monoisotopic (exact) mass is 681 g/mol. The number of fused-ring (bicyclic) bond motifs is 3. The number of hydrogen-bond donors (Lipinski definition) is 0. The topological polar surface area (TPSA) is 0 Å². The fraction of sp³-hybridized carbons (Fsp3) is 0.275. The zero-order chi connectivity index (χ0) is 28.2. The standard InChI is InChI=1S/C27H31.C13H10.2ClH.Zr/c1-4-10-19-15-9-16-22-18-25-24(26(19)22)17-21(11-5-2)23(12-6-3)27(25)20-13-7-8-14-20;1-3-7-12(8-4-1)11-13-9-5-2-6-10-13;;;/h7-9,13,15-18H,4-6,10-12,14H2,1-3H3;1-10H;2*1H;/q;;;;+2/p-2. The number of aryl methyl sites for hydroxylation is 2. The van der Waals surface area contributed by atoms with Crippen molar-refractivity contribution in [2.45, 2.75) is 69.3 Å². The van der Waals surface area contributed by atoms with Gasteiger partial charge in [0.1, 0.15) is 0 Å². The second-order valence-corrected chi connectivity index (χ2v) is 14.8. The van der Waals surface area contributed by atoms with E-state index in [4.69, 9.17) is 0 Å². The Bertz CT molecular complexity index is 1590. The van der Waals surface area contributed by atoms with Gasteiger partial charge in [0.25, 0.3) is 0 Å². The van der Waals surface area contributed by atoms with Crippen LogP contribution in [0.5, 0.6) is 0 Å². The molecule has 1 unspecified atom stereocenters. The van der Waals surface area contributed by atoms with Gasteiger partial charge in [0.15, 0.2) is 0 Å². The van der Waals surface area contributed by atoms with Gasteiger partial charge in [-0.25, -0.2) is 0 Å². The molecule has 0 spiro atoms. The second kappa shape index (κ2) is 15.6. The smallest absolute Gasteiger partial charge is 1.00 e. The van der Waals surface area contributed by atoms with Gasteiger partial charge in [-0.15, -0.1) is 0 Å². The molecule has 4 aromatic carbocycles. The quantitative estimate of drug-likeness (QED) is 0.234. The molecule has 2 aliphatic rings. The van der Waals surface area contributed by atoms with Crippen LogP contribution in [0.2, 0.25) is 0 Å². The van der Waals surface area contributed by atoms with E-state index >= 15 is 0 Å². The minimum absolute atomic E-state index is 0. The molecule has 3 heteroatoms. The molecule has 0 nitrogen and oxygen atoms in total. The van der Waals surface area contributed by atoms with Crippen molar-refractivity contribution in [3.8, 4) is 11.1 Å². The average molecular weight is 684 g/mol. The maximum absolute atomic E-state index is 2.65. The van der Waals surface area contributed by atoms with Crippen LogP contribution >= 0.6 is 0 Å². The molecule has 0 radical (unpaired) electrons. The summed E-state index contributed by atoms with van der Waals surface area (Å²) in [6, 6.07) is 32.4. The Morgan fingerprint density at radius 1 is 0.698 bits per heavy atom. The van der Waals surface area contributed by atoms with E-state index < -0.39 is 22.8 Å². The number of hydrogen-bond acceptors (Lipinski definition) is 0. The van der Waals surface area contributed by atoms with Crippen molar-refractivity contribution >= 4 is 8.78 Å². The van der Waals surface area contributed by atoms with Crippen molar-refractivity contribution in [3.05, 3.63) is 148 Å². The molecule has 0 amide bonds. The van der Waals surface area contributed by atoms with Crippen LogP contribution in [0.4, 0.5) is 0 Å². The summed E-state index contributed by atoms with van der Waals surface area (Å²) in [5.41, 5.74) is 17.1. The number of allylic oxidation sites excluding steroid dienone is 4. The van der Waals surface area contributed by atoms with Gasteiger partial charge in [0.05, 0.1) is 0 Å². The van der Waals surface area contributed by atoms with Crippen molar-refractivity contribution in [1.29, 1.82) is 0 Å². The normalized spacial score (nSPS) is 14.2. The first-order valence-corrected chi connectivity index (χ1v) is 18.3. The average Bonchev–Trinajstić information content (AvgIpc) is 3.65. The summed E-state index contributed by atoms with van der Waals surface area (Å²) in [7, 11) is 0. The minimum Gasteiger partial charge on any atom is -1.00 e. The van der Waals surface area contributed by atoms with Gasteiger partial charge in [-0.2, -0.15) is 0 Å². The summed E-state index contributed by atoms with van der Waals surface area (Å²) < 4.78 is 2.11. The van der Waals surface area contributed by atoms with Gasteiger partial charge < -0.3 is 24.8 Å². The molecule has 0 aliphatic heterocycles. The Hall–Kier alpha value is -2.31. The third-order valence-corrected chi connectivity index (χ3v) is 13.0. The van der Waals surface area contributed by atoms with Crippen LogP contribution < -0.4 is 24.8 Å². The minimum atomic E-state index is -1.17. The molecule has 219 valence electrons. The number of rotatable bonds is 10. The predicted molar refractivity (Wildman–Crippen MR) is 174 cm³/mol. The SMILES string of the molecule is CCCc1cc2c(c(C3=CC=CC3)c1CCC)[CH]([Zr+2]=[C](c1ccccc1)c1ccccc1)c1cccc(CCC)c1-2.[Cl-].[Cl-]. The first kappa shape index (κ1) is 33.6. The van der Waals surface area contributed by atoms with E-state index in [0.717, 1.165) is 19.3 Å². The van der Waals surface area contributed by atoms with Crippen molar-refractivity contribution in [1.82, 2.24) is 0 Å². The summed E-state index contributed by atoms with van der Waals surface area (Å²) in [5.74, 6) is 0. The summed E-state index contributed by atoms with van der Waals surface area (Å²) in [6.07, 6.45) is 15.2. The van der Waals surface area contributed by atoms with Crippen LogP contribution in [0.25, 0.3) is 16.7 Å². The maximum Gasteiger partial charge on any atom is -1.00 e. The molecule has 0 saturated carbocycles. The van der Waals surface area contributed by atoms with Gasteiger partial charge in [-0.3, -0.25) is 0 Å². The van der Waals surface area contributed by atoms with E-state index in [1.165, 1.54) is 42.4 Å². The van der Waals surface area contributed by atoms with E-state index in [1.807, 2.05) is 0 Å². The molecule has 0 bridgehead atoms. The van der Waals surface area contributed by atoms with Gasteiger partial charge in [-0.1, -0.05) is 0 Å². The molecule has 2 aliphatic carbocycles. The van der Waals surface area contributed by atoms with Crippen LogP contribution in [0.15, 0.2) is 103 Å². The fourth-order valence-corrected chi connectivity index (χ4v) is 11.4. The third-order valence-electron chi connectivity index (χ3n) is 8.66. The molecule has 4 aromatic rings. The van der Waals surface area contributed by atoms with Gasteiger partial charge in [0.2, 0.25) is 0 Å². The van der Waals surface area contributed by atoms with Crippen LogP contribution in [0.1, 0.15) is 94.6 Å². The van der Waals surface area contributed by atoms with Gasteiger partial charge in [0, 0.05) is 0 Å². The van der Waals surface area contributed by atoms with E-state index in [2.05, 4.69) is 124 Å². The number of benzene rings is 4. The molecule has 0 aromatic heterocycles. The Balaban J connectivity index is 0.00000212. The van der Waals surface area contributed by atoms with Crippen molar-refractivity contribution in [3.63, 3.8) is 0 Å². The van der Waals surface area contributed by atoms with Crippen molar-refractivity contribution < 1.29 is 47.6 Å². The molecule has 0 fully saturated rings. The fourth-order valence-electron chi connectivity index (χ4n) is 6.99. The maximum atomic E-state index is 2.65. The Morgan fingerprint density at radius 3 is 1.91 bits per heavy atom. The van der Waals surface area contributed by atoms with Gasteiger partial charge in [-0.05, 0) is 0 Å². The summed E-state index contributed by atoms with van der Waals surface area (Å²) >= 11 is -1.17. The molecule has 6 rings (SSSR count). The zero-order valence-electron chi connectivity index (χ0n) is 25.6. The summed E-state index contributed by atoms with van der Waals surface area (Å²) in [5, 5.41) is 0. The zero-order valence-corrected chi connectivity index (χ0v) is 29.6. The van der Waals surface area contributed by atoms with Crippen LogP contribution in [0.3, 0.4) is 0 Å². The Labute approximate surface area is 282 Å². The number of halogens is 2. The third kappa shape index (κ3) is 6.71. The van der Waals surface area contributed by atoms with Crippen molar-refractivity contribution in [2.75, 3.05) is 0 Å². The second-order valence-electron chi connectivity index (χ2n) is 11.5. The van der Waals surface area contributed by atoms with E-state index in [0.29, 0.717) is 3.63 Å². The molecular weight excluding hydrogens is 643 g/mol. The molecule has 0 heterocycles. The van der Waals surface area contributed by atoms with Gasteiger partial charge >= 0.3 is 260 Å². The molecular formula is C40H41Cl2Zr. The predicted octanol–water partition coefficient (Wildman–Crippen LogP) is 4.32. The van der Waals surface area contributed by atoms with Crippen LogP contribution in [-0.2, 0) is 42.0 Å². The van der Waals surface area contributed by atoms with E-state index in [9.17, 15) is 0 Å². The van der Waals surface area contributed by atoms with Crippen LogP contribution in [-0.4, -0.2) is 3.21 Å². The molecule has 1 atom stereocenters. The molecule has 0 N–H and O–H groups in total. The summed E-state index contributed by atoms with van der Waals surface area (Å²) in [4.78, 5) is 0. The van der Waals surface area contributed by atoms with E-state index in [1.54, 1.807) is 47.7 Å². The van der Waals surface area contributed by atoms with Crippen LogP contribution in [0, 0.1) is 0 Å². The first-order chi connectivity index (χ1) is 20.2. The summed E-state index contributed by atoms with van der Waals surface area (Å²) in [6.45, 7) is 7.02. The molecule has 43 heavy (non-hydrogen) atoms. The largest absolute Gasteiger partial charge is 1.00 e. The first-order valence-electron chi connectivity index (χ1n) is 15.7. The Morgan fingerprint density at radius 2 is 1.33 bits per heavy atom.